The minimum atomic E-state index is 0.0110. The first-order chi connectivity index (χ1) is 13.6. The zero-order valence-electron chi connectivity index (χ0n) is 17.3. The molecule has 0 radical (unpaired) electrons. The molecular formula is C28H28. The lowest BCUT2D eigenvalue weighted by Crippen LogP contribution is -2.32. The Morgan fingerprint density at radius 3 is 2.21 bits per heavy atom. The van der Waals surface area contributed by atoms with E-state index in [1.807, 2.05) is 0 Å². The second kappa shape index (κ2) is 5.38. The summed E-state index contributed by atoms with van der Waals surface area (Å²) in [6.07, 6.45) is 1.22. The second-order valence-electron chi connectivity index (χ2n) is 9.54. The highest BCUT2D eigenvalue weighted by Gasteiger charge is 2.56. The summed E-state index contributed by atoms with van der Waals surface area (Å²) in [5.74, 6) is 2.52. The highest BCUT2D eigenvalue weighted by molar-refractivity contribution is 5.87. The molecule has 0 saturated carbocycles. The van der Waals surface area contributed by atoms with Gasteiger partial charge in [-0.15, -0.1) is 0 Å². The van der Waals surface area contributed by atoms with Crippen molar-refractivity contribution in [3.8, 4) is 11.1 Å². The molecular weight excluding hydrogens is 336 g/mol. The van der Waals surface area contributed by atoms with Crippen molar-refractivity contribution in [1.29, 1.82) is 0 Å². The zero-order valence-corrected chi connectivity index (χ0v) is 17.3. The molecule has 3 aromatic carbocycles. The first-order valence-electron chi connectivity index (χ1n) is 10.9. The van der Waals surface area contributed by atoms with Crippen LogP contribution in [0, 0.1) is 11.8 Å². The largest absolute Gasteiger partial charge is 0.0620 e. The van der Waals surface area contributed by atoms with Crippen LogP contribution < -0.4 is 0 Å². The van der Waals surface area contributed by atoms with Crippen LogP contribution in [0.3, 0.4) is 0 Å². The molecule has 0 amide bonds. The lowest BCUT2D eigenvalue weighted by Gasteiger charge is -2.36. The van der Waals surface area contributed by atoms with Gasteiger partial charge in [0.15, 0.2) is 0 Å². The van der Waals surface area contributed by atoms with Gasteiger partial charge in [0.05, 0.1) is 0 Å². The van der Waals surface area contributed by atoms with Gasteiger partial charge in [-0.2, -0.15) is 0 Å². The van der Waals surface area contributed by atoms with E-state index in [1.54, 1.807) is 27.8 Å². The van der Waals surface area contributed by atoms with Gasteiger partial charge in [0, 0.05) is 5.41 Å². The Morgan fingerprint density at radius 1 is 0.679 bits per heavy atom. The van der Waals surface area contributed by atoms with E-state index in [0.29, 0.717) is 17.8 Å². The minimum Gasteiger partial charge on any atom is -0.0620 e. The molecule has 1 unspecified atom stereocenters. The van der Waals surface area contributed by atoms with Crippen LogP contribution in [0.2, 0.25) is 0 Å². The number of benzene rings is 3. The Morgan fingerprint density at radius 2 is 1.39 bits per heavy atom. The lowest BCUT2D eigenvalue weighted by atomic mass is 9.65. The zero-order chi connectivity index (χ0) is 19.2. The highest BCUT2D eigenvalue weighted by Crippen LogP contribution is 2.65. The Balaban J connectivity index is 1.79. The van der Waals surface area contributed by atoms with Gasteiger partial charge in [0.1, 0.15) is 0 Å². The van der Waals surface area contributed by atoms with E-state index < -0.39 is 0 Å². The summed E-state index contributed by atoms with van der Waals surface area (Å²) in [5, 5.41) is 0. The van der Waals surface area contributed by atoms with Gasteiger partial charge in [-0.25, -0.2) is 0 Å². The third-order valence-electron chi connectivity index (χ3n) is 8.56. The van der Waals surface area contributed by atoms with Gasteiger partial charge in [-0.1, -0.05) is 88.4 Å². The summed E-state index contributed by atoms with van der Waals surface area (Å²) in [6, 6.07) is 23.4. The molecule has 0 aromatic heterocycles. The van der Waals surface area contributed by atoms with Crippen molar-refractivity contribution in [2.75, 3.05) is 0 Å². The summed E-state index contributed by atoms with van der Waals surface area (Å²) in [4.78, 5) is 0. The predicted molar refractivity (Wildman–Crippen MR) is 117 cm³/mol. The van der Waals surface area contributed by atoms with E-state index in [4.69, 9.17) is 0 Å². The van der Waals surface area contributed by atoms with Crippen molar-refractivity contribution >= 4 is 0 Å². The SMILES string of the molecule is C[C@@H]1Cc2c(ccc3c2C2(c4ccccc4-3)c3ccccc3[C@@H](C)[C@H]2C)[C@@H]1C. The molecule has 140 valence electrons. The third-order valence-corrected chi connectivity index (χ3v) is 8.56. The van der Waals surface area contributed by atoms with E-state index in [9.17, 15) is 0 Å². The Hall–Kier alpha value is -2.34. The number of hydrogen-bond acceptors (Lipinski definition) is 0. The molecule has 0 heterocycles. The monoisotopic (exact) mass is 364 g/mol. The van der Waals surface area contributed by atoms with E-state index in [0.717, 1.165) is 5.92 Å². The maximum atomic E-state index is 2.50. The van der Waals surface area contributed by atoms with Gasteiger partial charge in [0.2, 0.25) is 0 Å². The topological polar surface area (TPSA) is 0 Å². The van der Waals surface area contributed by atoms with Crippen molar-refractivity contribution in [2.24, 2.45) is 11.8 Å². The van der Waals surface area contributed by atoms with Crippen molar-refractivity contribution in [3.63, 3.8) is 0 Å². The van der Waals surface area contributed by atoms with E-state index >= 15 is 0 Å². The summed E-state index contributed by atoms with van der Waals surface area (Å²) in [7, 11) is 0. The molecule has 0 fully saturated rings. The fourth-order valence-electron chi connectivity index (χ4n) is 6.88. The molecule has 0 aliphatic heterocycles. The Labute approximate surface area is 168 Å². The first-order valence-corrected chi connectivity index (χ1v) is 10.9. The van der Waals surface area contributed by atoms with E-state index in [2.05, 4.69) is 88.4 Å². The molecule has 1 spiro atoms. The summed E-state index contributed by atoms with van der Waals surface area (Å²) < 4.78 is 0. The maximum absolute atomic E-state index is 2.50. The molecule has 3 aliphatic rings. The van der Waals surface area contributed by atoms with E-state index in [-0.39, 0.29) is 5.41 Å². The van der Waals surface area contributed by atoms with E-state index in [1.165, 1.54) is 23.1 Å². The molecule has 3 aromatic rings. The number of fused-ring (bicyclic) bond motifs is 9. The van der Waals surface area contributed by atoms with Crippen LogP contribution >= 0.6 is 0 Å². The molecule has 28 heavy (non-hydrogen) atoms. The smallest absolute Gasteiger partial charge is 0.0500 e. The third kappa shape index (κ3) is 1.70. The predicted octanol–water partition coefficient (Wildman–Crippen LogP) is 7.05. The minimum absolute atomic E-state index is 0.0110. The number of hydrogen-bond donors (Lipinski definition) is 0. The van der Waals surface area contributed by atoms with Crippen molar-refractivity contribution in [1.82, 2.24) is 0 Å². The second-order valence-corrected chi connectivity index (χ2v) is 9.54. The normalized spacial score (nSPS) is 31.6. The first kappa shape index (κ1) is 16.6. The molecule has 0 saturated heterocycles. The average molecular weight is 365 g/mol. The fraction of sp³-hybridized carbons (Fsp3) is 0.357. The van der Waals surface area contributed by atoms with Crippen LogP contribution in [-0.4, -0.2) is 0 Å². The van der Waals surface area contributed by atoms with Crippen molar-refractivity contribution in [3.05, 3.63) is 94.0 Å². The van der Waals surface area contributed by atoms with Crippen LogP contribution in [0.1, 0.15) is 72.9 Å². The Bertz CT molecular complexity index is 1120. The fourth-order valence-corrected chi connectivity index (χ4v) is 6.88. The molecule has 6 rings (SSSR count). The standard InChI is InChI=1S/C28H28/c1-16-15-24-20(17(16)2)13-14-23-22-10-6-8-12-26(22)28(27(23)24)19(4)18(3)21-9-5-7-11-25(21)28/h5-14,16-19H,15H2,1-4H3/t16-,17-,18+,19-,28?/m1/s1. The molecule has 0 N–H and O–H groups in total. The van der Waals surface area contributed by atoms with Crippen LogP contribution in [0.5, 0.6) is 0 Å². The van der Waals surface area contributed by atoms with Crippen molar-refractivity contribution < 1.29 is 0 Å². The van der Waals surface area contributed by atoms with Gasteiger partial charge in [-0.05, 0) is 74.6 Å². The van der Waals surface area contributed by atoms with Crippen LogP contribution in [0.25, 0.3) is 11.1 Å². The van der Waals surface area contributed by atoms with Gasteiger partial charge in [0.25, 0.3) is 0 Å². The van der Waals surface area contributed by atoms with Gasteiger partial charge >= 0.3 is 0 Å². The molecule has 3 aliphatic carbocycles. The quantitative estimate of drug-likeness (QED) is 0.401. The molecule has 0 nitrogen and oxygen atoms in total. The van der Waals surface area contributed by atoms with Crippen LogP contribution in [0.4, 0.5) is 0 Å². The van der Waals surface area contributed by atoms with Gasteiger partial charge in [-0.3, -0.25) is 0 Å². The number of rotatable bonds is 0. The summed E-state index contributed by atoms with van der Waals surface area (Å²) in [6.45, 7) is 9.79. The van der Waals surface area contributed by atoms with Gasteiger partial charge < -0.3 is 0 Å². The Kier molecular flexibility index (Phi) is 3.19. The highest BCUT2D eigenvalue weighted by atomic mass is 14.6. The molecule has 0 bridgehead atoms. The molecule has 0 heteroatoms. The van der Waals surface area contributed by atoms with Crippen LogP contribution in [-0.2, 0) is 11.8 Å². The summed E-state index contributed by atoms with van der Waals surface area (Å²) in [5.41, 5.74) is 12.5. The lowest BCUT2D eigenvalue weighted by molar-refractivity contribution is 0.398. The molecule has 5 atom stereocenters. The van der Waals surface area contributed by atoms with Crippen LogP contribution in [0.15, 0.2) is 60.7 Å². The summed E-state index contributed by atoms with van der Waals surface area (Å²) >= 11 is 0. The average Bonchev–Trinajstić information content (AvgIpc) is 3.27. The maximum Gasteiger partial charge on any atom is 0.0500 e. The van der Waals surface area contributed by atoms with Crippen molar-refractivity contribution in [2.45, 2.75) is 51.4 Å².